The van der Waals surface area contributed by atoms with Gasteiger partial charge in [0.25, 0.3) is 0 Å². The molecule has 0 N–H and O–H groups in total. The van der Waals surface area contributed by atoms with Gasteiger partial charge in [-0.25, -0.2) is 0 Å². The maximum absolute atomic E-state index is 4.49. The molecule has 2 heterocycles. The quantitative estimate of drug-likeness (QED) is 0.759. The first-order valence-corrected chi connectivity index (χ1v) is 8.41. The smallest absolute Gasteiger partial charge is 0.0521 e. The molecule has 0 spiro atoms. The molecule has 0 amide bonds. The second-order valence-electron chi connectivity index (χ2n) is 6.77. The average Bonchev–Trinajstić information content (AvgIpc) is 2.86. The molecule has 1 aliphatic rings. The highest BCUT2D eigenvalue weighted by molar-refractivity contribution is 5.02. The van der Waals surface area contributed by atoms with Gasteiger partial charge in [-0.15, -0.1) is 0 Å². The van der Waals surface area contributed by atoms with Gasteiger partial charge in [0.2, 0.25) is 0 Å². The molecule has 114 valence electrons. The first-order chi connectivity index (χ1) is 9.67. The standard InChI is InChI=1S/C17H31N3/c1-4-16-11-18-20(13-16)14-17-8-6-10-19(12-17)9-5-7-15(2)3/h11,13,15,17H,4-10,12,14H2,1-3H3/t17-/m1/s1. The molecule has 1 atom stereocenters. The summed E-state index contributed by atoms with van der Waals surface area (Å²) in [5.74, 6) is 1.62. The summed E-state index contributed by atoms with van der Waals surface area (Å²) in [5, 5.41) is 4.49. The lowest BCUT2D eigenvalue weighted by Crippen LogP contribution is -2.37. The van der Waals surface area contributed by atoms with Crippen molar-refractivity contribution < 1.29 is 0 Å². The van der Waals surface area contributed by atoms with Crippen molar-refractivity contribution >= 4 is 0 Å². The molecule has 20 heavy (non-hydrogen) atoms. The van der Waals surface area contributed by atoms with E-state index >= 15 is 0 Å². The summed E-state index contributed by atoms with van der Waals surface area (Å²) in [7, 11) is 0. The third-order valence-electron chi connectivity index (χ3n) is 4.40. The number of aryl methyl sites for hydroxylation is 1. The first-order valence-electron chi connectivity index (χ1n) is 8.41. The molecule has 0 unspecified atom stereocenters. The fraction of sp³-hybridized carbons (Fsp3) is 0.824. The monoisotopic (exact) mass is 277 g/mol. The van der Waals surface area contributed by atoms with Gasteiger partial charge < -0.3 is 4.90 Å². The Morgan fingerprint density at radius 1 is 1.40 bits per heavy atom. The maximum atomic E-state index is 4.49. The van der Waals surface area contributed by atoms with Gasteiger partial charge in [0, 0.05) is 19.3 Å². The molecule has 3 heteroatoms. The van der Waals surface area contributed by atoms with Gasteiger partial charge in [-0.05, 0) is 62.6 Å². The highest BCUT2D eigenvalue weighted by Crippen LogP contribution is 2.19. The minimum Gasteiger partial charge on any atom is -0.303 e. The SMILES string of the molecule is CCc1cnn(C[C@@H]2CCCN(CCCC(C)C)C2)c1. The fourth-order valence-corrected chi connectivity index (χ4v) is 3.18. The summed E-state index contributed by atoms with van der Waals surface area (Å²) in [6.07, 6.45) is 10.8. The molecule has 0 aliphatic carbocycles. The van der Waals surface area contributed by atoms with Crippen LogP contribution in [0.25, 0.3) is 0 Å². The second-order valence-corrected chi connectivity index (χ2v) is 6.77. The largest absolute Gasteiger partial charge is 0.303 e. The Kier molecular flexibility index (Phi) is 6.08. The van der Waals surface area contributed by atoms with Gasteiger partial charge >= 0.3 is 0 Å². The number of likely N-dealkylation sites (tertiary alicyclic amines) is 1. The van der Waals surface area contributed by atoms with Crippen LogP contribution in [0.1, 0.15) is 52.0 Å². The van der Waals surface area contributed by atoms with Crippen molar-refractivity contribution in [1.82, 2.24) is 14.7 Å². The van der Waals surface area contributed by atoms with Crippen LogP contribution < -0.4 is 0 Å². The number of hydrogen-bond acceptors (Lipinski definition) is 2. The average molecular weight is 277 g/mol. The zero-order chi connectivity index (χ0) is 14.4. The Balaban J connectivity index is 1.75. The molecule has 1 saturated heterocycles. The number of hydrogen-bond donors (Lipinski definition) is 0. The van der Waals surface area contributed by atoms with Crippen molar-refractivity contribution in [2.24, 2.45) is 11.8 Å². The van der Waals surface area contributed by atoms with Gasteiger partial charge in [-0.2, -0.15) is 5.10 Å². The van der Waals surface area contributed by atoms with E-state index in [4.69, 9.17) is 0 Å². The molecule has 2 rings (SSSR count). The highest BCUT2D eigenvalue weighted by atomic mass is 15.3. The summed E-state index contributed by atoms with van der Waals surface area (Å²) in [6, 6.07) is 0. The van der Waals surface area contributed by atoms with Gasteiger partial charge in [0.15, 0.2) is 0 Å². The van der Waals surface area contributed by atoms with Crippen LogP contribution in [0, 0.1) is 11.8 Å². The maximum Gasteiger partial charge on any atom is 0.0521 e. The number of piperidine rings is 1. The van der Waals surface area contributed by atoms with Gasteiger partial charge in [-0.3, -0.25) is 4.68 Å². The summed E-state index contributed by atoms with van der Waals surface area (Å²) in [6.45, 7) is 11.8. The predicted octanol–water partition coefficient (Wildman–Crippen LogP) is 3.59. The Morgan fingerprint density at radius 2 is 2.25 bits per heavy atom. The van der Waals surface area contributed by atoms with Crippen molar-refractivity contribution in [2.75, 3.05) is 19.6 Å². The molecule has 0 bridgehead atoms. The summed E-state index contributed by atoms with van der Waals surface area (Å²) >= 11 is 0. The lowest BCUT2D eigenvalue weighted by Gasteiger charge is -2.32. The van der Waals surface area contributed by atoms with E-state index in [0.717, 1.165) is 24.8 Å². The van der Waals surface area contributed by atoms with E-state index in [-0.39, 0.29) is 0 Å². The normalized spacial score (nSPS) is 20.7. The summed E-state index contributed by atoms with van der Waals surface area (Å²) in [5.41, 5.74) is 1.36. The molecule has 0 aromatic carbocycles. The molecular formula is C17H31N3. The number of aromatic nitrogens is 2. The van der Waals surface area contributed by atoms with Crippen molar-refractivity contribution in [3.63, 3.8) is 0 Å². The molecule has 1 fully saturated rings. The van der Waals surface area contributed by atoms with Crippen LogP contribution >= 0.6 is 0 Å². The second kappa shape index (κ2) is 7.82. The Hall–Kier alpha value is -0.830. The third-order valence-corrected chi connectivity index (χ3v) is 4.40. The Morgan fingerprint density at radius 3 is 2.95 bits per heavy atom. The lowest BCUT2D eigenvalue weighted by molar-refractivity contribution is 0.156. The van der Waals surface area contributed by atoms with E-state index in [1.807, 2.05) is 6.20 Å². The van der Waals surface area contributed by atoms with Gasteiger partial charge in [0.1, 0.15) is 0 Å². The van der Waals surface area contributed by atoms with Gasteiger partial charge in [-0.1, -0.05) is 20.8 Å². The van der Waals surface area contributed by atoms with Crippen LogP contribution in [0.2, 0.25) is 0 Å². The molecule has 3 nitrogen and oxygen atoms in total. The van der Waals surface area contributed by atoms with E-state index in [1.54, 1.807) is 0 Å². The lowest BCUT2D eigenvalue weighted by atomic mass is 9.97. The molecule has 1 aromatic heterocycles. The topological polar surface area (TPSA) is 21.1 Å². The van der Waals surface area contributed by atoms with Crippen molar-refractivity contribution in [3.8, 4) is 0 Å². The van der Waals surface area contributed by atoms with E-state index < -0.39 is 0 Å². The van der Waals surface area contributed by atoms with E-state index in [9.17, 15) is 0 Å². The zero-order valence-electron chi connectivity index (χ0n) is 13.5. The summed E-state index contributed by atoms with van der Waals surface area (Å²) < 4.78 is 2.15. The van der Waals surface area contributed by atoms with Crippen LogP contribution in [0.15, 0.2) is 12.4 Å². The third kappa shape index (κ3) is 4.93. The Labute approximate surface area is 124 Å². The summed E-state index contributed by atoms with van der Waals surface area (Å²) in [4.78, 5) is 2.67. The van der Waals surface area contributed by atoms with Crippen LogP contribution in [0.4, 0.5) is 0 Å². The van der Waals surface area contributed by atoms with Crippen molar-refractivity contribution in [3.05, 3.63) is 18.0 Å². The fourth-order valence-electron chi connectivity index (χ4n) is 3.18. The number of rotatable bonds is 7. The van der Waals surface area contributed by atoms with Crippen molar-refractivity contribution in [2.45, 2.75) is 59.4 Å². The van der Waals surface area contributed by atoms with E-state index in [2.05, 4.69) is 41.6 Å². The predicted molar refractivity (Wildman–Crippen MR) is 84.8 cm³/mol. The molecule has 0 radical (unpaired) electrons. The van der Waals surface area contributed by atoms with Crippen LogP contribution in [0.3, 0.4) is 0 Å². The molecule has 1 aliphatic heterocycles. The Bertz CT molecular complexity index is 383. The van der Waals surface area contributed by atoms with Gasteiger partial charge in [0.05, 0.1) is 6.20 Å². The van der Waals surface area contributed by atoms with E-state index in [0.29, 0.717) is 0 Å². The van der Waals surface area contributed by atoms with Crippen molar-refractivity contribution in [1.29, 1.82) is 0 Å². The molecular weight excluding hydrogens is 246 g/mol. The van der Waals surface area contributed by atoms with E-state index in [1.165, 1.54) is 50.9 Å². The van der Waals surface area contributed by atoms with Crippen LogP contribution in [-0.2, 0) is 13.0 Å². The van der Waals surface area contributed by atoms with Crippen LogP contribution in [0.5, 0.6) is 0 Å². The molecule has 1 aromatic rings. The molecule has 0 saturated carbocycles. The highest BCUT2D eigenvalue weighted by Gasteiger charge is 2.20. The first kappa shape index (κ1) is 15.6. The minimum atomic E-state index is 0.785. The zero-order valence-corrected chi connectivity index (χ0v) is 13.5. The number of nitrogens with zero attached hydrogens (tertiary/aromatic N) is 3. The van der Waals surface area contributed by atoms with Crippen LogP contribution in [-0.4, -0.2) is 34.3 Å². The minimum absolute atomic E-state index is 0.785.